The number of rotatable bonds is 2. The summed E-state index contributed by atoms with van der Waals surface area (Å²) in [5.41, 5.74) is 5.89. The van der Waals surface area contributed by atoms with Crippen LogP contribution in [0, 0.1) is 0 Å². The van der Waals surface area contributed by atoms with E-state index in [0.29, 0.717) is 0 Å². The number of para-hydroxylation sites is 1. The van der Waals surface area contributed by atoms with Crippen LogP contribution in [0.15, 0.2) is 79.4 Å². The molecule has 1 aliphatic rings. The number of allylic oxidation sites excluding steroid dienone is 3. The van der Waals surface area contributed by atoms with Gasteiger partial charge in [-0.15, -0.1) is 0 Å². The third-order valence-electron chi connectivity index (χ3n) is 5.15. The Morgan fingerprint density at radius 2 is 1.85 bits per heavy atom. The van der Waals surface area contributed by atoms with Gasteiger partial charge in [0, 0.05) is 34.1 Å². The SMILES string of the molecule is C=C(C)n1c2ccccc2c2ccc3cc(C4=CC=CCN4)ccc3c21. The second-order valence-electron chi connectivity index (χ2n) is 6.87. The van der Waals surface area contributed by atoms with Crippen LogP contribution in [0.2, 0.25) is 0 Å². The van der Waals surface area contributed by atoms with Crippen LogP contribution in [0.25, 0.3) is 44.0 Å². The molecule has 0 saturated heterocycles. The van der Waals surface area contributed by atoms with Crippen molar-refractivity contribution in [3.05, 3.63) is 85.0 Å². The van der Waals surface area contributed by atoms with Crippen molar-refractivity contribution in [2.45, 2.75) is 6.92 Å². The molecular weight excluding hydrogens is 316 g/mol. The van der Waals surface area contributed by atoms with Crippen LogP contribution in [0.4, 0.5) is 0 Å². The quantitative estimate of drug-likeness (QED) is 0.479. The molecule has 2 heteroatoms. The van der Waals surface area contributed by atoms with E-state index in [4.69, 9.17) is 0 Å². The first kappa shape index (κ1) is 15.0. The number of benzene rings is 3. The van der Waals surface area contributed by atoms with Crippen LogP contribution < -0.4 is 5.32 Å². The van der Waals surface area contributed by atoms with Crippen LogP contribution in [0.5, 0.6) is 0 Å². The Balaban J connectivity index is 1.86. The fourth-order valence-electron chi connectivity index (χ4n) is 4.01. The topological polar surface area (TPSA) is 17.0 Å². The van der Waals surface area contributed by atoms with Gasteiger partial charge in [0.05, 0.1) is 11.0 Å². The number of aromatic nitrogens is 1. The molecule has 2 nitrogen and oxygen atoms in total. The molecule has 0 unspecified atom stereocenters. The predicted molar refractivity (Wildman–Crippen MR) is 113 cm³/mol. The van der Waals surface area contributed by atoms with Gasteiger partial charge in [-0.1, -0.05) is 61.2 Å². The lowest BCUT2D eigenvalue weighted by Crippen LogP contribution is -2.14. The number of hydrogen-bond donors (Lipinski definition) is 1. The van der Waals surface area contributed by atoms with Gasteiger partial charge in [-0.25, -0.2) is 0 Å². The molecule has 126 valence electrons. The fraction of sp³-hybridized carbons (Fsp3) is 0.0833. The van der Waals surface area contributed by atoms with Gasteiger partial charge in [-0.2, -0.15) is 0 Å². The minimum atomic E-state index is 0.882. The number of nitrogens with zero attached hydrogens (tertiary/aromatic N) is 1. The van der Waals surface area contributed by atoms with Gasteiger partial charge >= 0.3 is 0 Å². The van der Waals surface area contributed by atoms with E-state index in [1.165, 1.54) is 43.8 Å². The monoisotopic (exact) mass is 336 g/mol. The van der Waals surface area contributed by atoms with Crippen molar-refractivity contribution in [1.82, 2.24) is 9.88 Å². The van der Waals surface area contributed by atoms with Crippen molar-refractivity contribution in [2.75, 3.05) is 6.54 Å². The Morgan fingerprint density at radius 1 is 1.00 bits per heavy atom. The van der Waals surface area contributed by atoms with Crippen LogP contribution in [-0.2, 0) is 0 Å². The van der Waals surface area contributed by atoms with Crippen LogP contribution in [-0.4, -0.2) is 11.1 Å². The average molecular weight is 336 g/mol. The molecule has 5 rings (SSSR count). The van der Waals surface area contributed by atoms with Gasteiger partial charge in [0.2, 0.25) is 0 Å². The second kappa shape index (κ2) is 5.63. The zero-order chi connectivity index (χ0) is 17.7. The molecule has 3 aromatic carbocycles. The summed E-state index contributed by atoms with van der Waals surface area (Å²) in [5, 5.41) is 8.51. The molecule has 1 aromatic heterocycles. The minimum absolute atomic E-state index is 0.882. The minimum Gasteiger partial charge on any atom is -0.381 e. The lowest BCUT2D eigenvalue weighted by molar-refractivity contribution is 0.996. The van der Waals surface area contributed by atoms with E-state index in [1.807, 2.05) is 0 Å². The smallest absolute Gasteiger partial charge is 0.0615 e. The molecule has 2 heterocycles. The predicted octanol–water partition coefficient (Wildman–Crippen LogP) is 5.94. The first-order valence-corrected chi connectivity index (χ1v) is 8.97. The Morgan fingerprint density at radius 3 is 2.65 bits per heavy atom. The number of nitrogens with one attached hydrogen (secondary N) is 1. The van der Waals surface area contributed by atoms with Gasteiger partial charge in [0.15, 0.2) is 0 Å². The highest BCUT2D eigenvalue weighted by atomic mass is 15.0. The molecule has 26 heavy (non-hydrogen) atoms. The van der Waals surface area contributed by atoms with Crippen LogP contribution in [0.3, 0.4) is 0 Å². The van der Waals surface area contributed by atoms with E-state index < -0.39 is 0 Å². The zero-order valence-electron chi connectivity index (χ0n) is 14.8. The Bertz CT molecular complexity index is 1250. The van der Waals surface area contributed by atoms with Gasteiger partial charge in [-0.3, -0.25) is 0 Å². The molecule has 0 aliphatic carbocycles. The molecule has 4 aromatic rings. The van der Waals surface area contributed by atoms with E-state index in [9.17, 15) is 0 Å². The lowest BCUT2D eigenvalue weighted by Gasteiger charge is -2.14. The Labute approximate surface area is 152 Å². The maximum absolute atomic E-state index is 4.23. The van der Waals surface area contributed by atoms with Crippen LogP contribution >= 0.6 is 0 Å². The summed E-state index contributed by atoms with van der Waals surface area (Å²) in [6.07, 6.45) is 6.37. The highest BCUT2D eigenvalue weighted by molar-refractivity contribution is 6.19. The van der Waals surface area contributed by atoms with Crippen molar-refractivity contribution in [3.8, 4) is 0 Å². The summed E-state index contributed by atoms with van der Waals surface area (Å²) < 4.78 is 2.29. The van der Waals surface area contributed by atoms with E-state index in [0.717, 1.165) is 12.2 Å². The average Bonchev–Trinajstić information content (AvgIpc) is 3.03. The fourth-order valence-corrected chi connectivity index (χ4v) is 4.01. The molecule has 0 radical (unpaired) electrons. The Kier molecular flexibility index (Phi) is 3.26. The highest BCUT2D eigenvalue weighted by Gasteiger charge is 2.14. The molecule has 0 atom stereocenters. The van der Waals surface area contributed by atoms with Crippen molar-refractivity contribution >= 4 is 44.0 Å². The van der Waals surface area contributed by atoms with Gasteiger partial charge in [0.1, 0.15) is 0 Å². The third-order valence-corrected chi connectivity index (χ3v) is 5.15. The zero-order valence-corrected chi connectivity index (χ0v) is 14.8. The van der Waals surface area contributed by atoms with Crippen LogP contribution in [0.1, 0.15) is 12.5 Å². The second-order valence-corrected chi connectivity index (χ2v) is 6.87. The van der Waals surface area contributed by atoms with Crippen molar-refractivity contribution in [3.63, 3.8) is 0 Å². The normalized spacial score (nSPS) is 14.0. The lowest BCUT2D eigenvalue weighted by atomic mass is 10.0. The van der Waals surface area contributed by atoms with Crippen molar-refractivity contribution < 1.29 is 0 Å². The first-order valence-electron chi connectivity index (χ1n) is 8.97. The standard InChI is InChI=1S/C24H20N2/c1-16(2)26-23-9-4-3-7-20(23)21-13-10-17-15-18(11-12-19(17)24(21)26)22-8-5-6-14-25-22/h3-13,15,25H,1,14H2,2H3. The summed E-state index contributed by atoms with van der Waals surface area (Å²) in [6.45, 7) is 7.19. The molecule has 0 spiro atoms. The first-order chi connectivity index (χ1) is 12.7. The number of fused-ring (bicyclic) bond motifs is 5. The number of hydrogen-bond acceptors (Lipinski definition) is 1. The highest BCUT2D eigenvalue weighted by Crippen LogP contribution is 2.36. The molecule has 1 N–H and O–H groups in total. The van der Waals surface area contributed by atoms with E-state index in [1.54, 1.807) is 0 Å². The molecule has 0 saturated carbocycles. The van der Waals surface area contributed by atoms with Gasteiger partial charge in [-0.05, 0) is 36.1 Å². The number of dihydropyridines is 1. The Hall–Kier alpha value is -3.26. The van der Waals surface area contributed by atoms with E-state index in [-0.39, 0.29) is 0 Å². The molecular formula is C24H20N2. The maximum atomic E-state index is 4.23. The van der Waals surface area contributed by atoms with Crippen molar-refractivity contribution in [1.29, 1.82) is 0 Å². The molecule has 1 aliphatic heterocycles. The largest absolute Gasteiger partial charge is 0.381 e. The third kappa shape index (κ3) is 2.12. The van der Waals surface area contributed by atoms with E-state index in [2.05, 4.69) is 96.2 Å². The summed E-state index contributed by atoms with van der Waals surface area (Å²) in [5.74, 6) is 0. The molecule has 0 fully saturated rings. The van der Waals surface area contributed by atoms with Gasteiger partial charge < -0.3 is 9.88 Å². The summed E-state index contributed by atoms with van der Waals surface area (Å²) in [6, 6.07) is 19.8. The summed E-state index contributed by atoms with van der Waals surface area (Å²) in [4.78, 5) is 0. The molecule has 0 bridgehead atoms. The summed E-state index contributed by atoms with van der Waals surface area (Å²) in [7, 11) is 0. The van der Waals surface area contributed by atoms with E-state index >= 15 is 0 Å². The van der Waals surface area contributed by atoms with Gasteiger partial charge in [0.25, 0.3) is 0 Å². The van der Waals surface area contributed by atoms with Crippen molar-refractivity contribution in [2.24, 2.45) is 0 Å². The maximum Gasteiger partial charge on any atom is 0.0615 e. The summed E-state index contributed by atoms with van der Waals surface area (Å²) >= 11 is 0. The molecule has 0 amide bonds.